The van der Waals surface area contributed by atoms with Gasteiger partial charge in [0, 0.05) is 29.9 Å². The lowest BCUT2D eigenvalue weighted by molar-refractivity contribution is 0.102. The molecule has 0 bridgehead atoms. The number of amides is 1. The van der Waals surface area contributed by atoms with Crippen LogP contribution in [0.25, 0.3) is 0 Å². The van der Waals surface area contributed by atoms with Gasteiger partial charge in [-0.05, 0) is 56.3 Å². The summed E-state index contributed by atoms with van der Waals surface area (Å²) >= 11 is 6.01. The molecule has 4 nitrogen and oxygen atoms in total. The molecule has 0 heterocycles. The van der Waals surface area contributed by atoms with Crippen LogP contribution in [0, 0.1) is 0 Å². The maximum Gasteiger partial charge on any atom is 0.255 e. The van der Waals surface area contributed by atoms with Gasteiger partial charge in [0.15, 0.2) is 0 Å². The fourth-order valence-electron chi connectivity index (χ4n) is 2.13. The Bertz CT molecular complexity index is 671. The number of nitrogens with zero attached hydrogens (tertiary/aromatic N) is 1. The number of benzene rings is 2. The summed E-state index contributed by atoms with van der Waals surface area (Å²) < 4.78 is 5.51. The number of halogens is 1. The Kier molecular flexibility index (Phi) is 5.88. The first-order chi connectivity index (χ1) is 11.0. The molecule has 0 saturated carbocycles. The van der Waals surface area contributed by atoms with Crippen molar-refractivity contribution >= 4 is 28.9 Å². The fraction of sp³-hybridized carbons (Fsp3) is 0.278. The van der Waals surface area contributed by atoms with Crippen molar-refractivity contribution in [3.05, 3.63) is 53.1 Å². The second-order valence-corrected chi connectivity index (χ2v) is 5.53. The van der Waals surface area contributed by atoms with E-state index in [2.05, 4.69) is 17.1 Å². The van der Waals surface area contributed by atoms with Gasteiger partial charge in [0.1, 0.15) is 5.75 Å². The number of anilines is 2. The molecule has 2 aromatic carbocycles. The summed E-state index contributed by atoms with van der Waals surface area (Å²) in [5.41, 5.74) is 2.22. The predicted molar refractivity (Wildman–Crippen MR) is 96.0 cm³/mol. The van der Waals surface area contributed by atoms with Gasteiger partial charge in [0.05, 0.1) is 12.3 Å². The van der Waals surface area contributed by atoms with Crippen molar-refractivity contribution in [2.45, 2.75) is 13.8 Å². The lowest BCUT2D eigenvalue weighted by Gasteiger charge is -2.17. The highest BCUT2D eigenvalue weighted by Crippen LogP contribution is 2.28. The molecule has 0 saturated heterocycles. The zero-order valence-corrected chi connectivity index (χ0v) is 14.4. The molecule has 5 heteroatoms. The average Bonchev–Trinajstić information content (AvgIpc) is 2.57. The summed E-state index contributed by atoms with van der Waals surface area (Å²) in [5, 5.41) is 3.40. The highest BCUT2D eigenvalue weighted by atomic mass is 35.5. The summed E-state index contributed by atoms with van der Waals surface area (Å²) in [7, 11) is 2.01. The van der Waals surface area contributed by atoms with Crippen molar-refractivity contribution in [2.75, 3.05) is 30.4 Å². The minimum atomic E-state index is -0.195. The van der Waals surface area contributed by atoms with Gasteiger partial charge in [0.2, 0.25) is 0 Å². The molecule has 23 heavy (non-hydrogen) atoms. The Morgan fingerprint density at radius 3 is 2.48 bits per heavy atom. The topological polar surface area (TPSA) is 41.6 Å². The normalized spacial score (nSPS) is 10.3. The molecule has 0 spiro atoms. The van der Waals surface area contributed by atoms with E-state index in [1.807, 2.05) is 38.2 Å². The third-order valence-corrected chi connectivity index (χ3v) is 3.77. The van der Waals surface area contributed by atoms with Gasteiger partial charge in [-0.3, -0.25) is 4.79 Å². The molecule has 0 unspecified atom stereocenters. The molecular formula is C18H21ClN2O2. The zero-order valence-electron chi connectivity index (χ0n) is 13.6. The van der Waals surface area contributed by atoms with Crippen LogP contribution < -0.4 is 15.0 Å². The summed E-state index contributed by atoms with van der Waals surface area (Å²) in [6.07, 6.45) is 0. The smallest absolute Gasteiger partial charge is 0.255 e. The van der Waals surface area contributed by atoms with E-state index in [9.17, 15) is 4.79 Å². The fourth-order valence-corrected chi connectivity index (χ4v) is 2.30. The second-order valence-electron chi connectivity index (χ2n) is 5.09. The first-order valence-corrected chi connectivity index (χ1v) is 7.97. The van der Waals surface area contributed by atoms with Crippen LogP contribution in [0.4, 0.5) is 11.4 Å². The maximum atomic E-state index is 12.4. The van der Waals surface area contributed by atoms with Gasteiger partial charge in [-0.15, -0.1) is 0 Å². The molecule has 0 atom stereocenters. The van der Waals surface area contributed by atoms with Crippen molar-refractivity contribution < 1.29 is 9.53 Å². The maximum absolute atomic E-state index is 12.4. The van der Waals surface area contributed by atoms with Crippen LogP contribution in [0.3, 0.4) is 0 Å². The number of carbonyl (C=O) groups excluding carboxylic acids is 1. The van der Waals surface area contributed by atoms with Crippen LogP contribution in [-0.4, -0.2) is 26.1 Å². The molecule has 0 fully saturated rings. The molecule has 0 radical (unpaired) electrons. The Morgan fingerprint density at radius 2 is 1.87 bits per heavy atom. The summed E-state index contributed by atoms with van der Waals surface area (Å²) in [5.74, 6) is 0.409. The third kappa shape index (κ3) is 4.39. The van der Waals surface area contributed by atoms with Gasteiger partial charge in [-0.25, -0.2) is 0 Å². The average molecular weight is 333 g/mol. The monoisotopic (exact) mass is 332 g/mol. The number of hydrogen-bond acceptors (Lipinski definition) is 3. The van der Waals surface area contributed by atoms with E-state index in [0.717, 1.165) is 12.2 Å². The van der Waals surface area contributed by atoms with Crippen LogP contribution in [0.1, 0.15) is 24.2 Å². The number of ether oxygens (including phenoxy) is 1. The quantitative estimate of drug-likeness (QED) is 0.849. The Morgan fingerprint density at radius 1 is 1.17 bits per heavy atom. The standard InChI is InChI=1S/C18H21ClN2O2/c1-4-21(3)15-9-6-13(7-10-15)18(22)20-16-12-14(19)8-11-17(16)23-5-2/h6-12H,4-5H2,1-3H3,(H,20,22). The summed E-state index contributed by atoms with van der Waals surface area (Å²) in [6.45, 7) is 5.40. The highest BCUT2D eigenvalue weighted by molar-refractivity contribution is 6.31. The van der Waals surface area contributed by atoms with E-state index in [4.69, 9.17) is 16.3 Å². The van der Waals surface area contributed by atoms with Gasteiger partial charge in [-0.1, -0.05) is 11.6 Å². The van der Waals surface area contributed by atoms with E-state index in [0.29, 0.717) is 28.6 Å². The number of rotatable bonds is 6. The SMILES string of the molecule is CCOc1ccc(Cl)cc1NC(=O)c1ccc(N(C)CC)cc1. The lowest BCUT2D eigenvalue weighted by atomic mass is 10.1. The Hall–Kier alpha value is -2.20. The molecule has 1 N–H and O–H groups in total. The molecule has 1 amide bonds. The van der Waals surface area contributed by atoms with Crippen LogP contribution in [0.15, 0.2) is 42.5 Å². The molecule has 0 aromatic heterocycles. The lowest BCUT2D eigenvalue weighted by Crippen LogP contribution is -2.16. The molecule has 0 aliphatic heterocycles. The molecule has 0 aliphatic carbocycles. The van der Waals surface area contributed by atoms with Crippen molar-refractivity contribution in [2.24, 2.45) is 0 Å². The van der Waals surface area contributed by atoms with Crippen LogP contribution in [0.5, 0.6) is 5.75 Å². The molecule has 2 rings (SSSR count). The number of carbonyl (C=O) groups is 1. The minimum absolute atomic E-state index is 0.195. The van der Waals surface area contributed by atoms with Crippen LogP contribution >= 0.6 is 11.6 Å². The summed E-state index contributed by atoms with van der Waals surface area (Å²) in [4.78, 5) is 14.5. The van der Waals surface area contributed by atoms with Crippen molar-refractivity contribution in [3.63, 3.8) is 0 Å². The van der Waals surface area contributed by atoms with E-state index in [-0.39, 0.29) is 5.91 Å². The summed E-state index contributed by atoms with van der Waals surface area (Å²) in [6, 6.07) is 12.6. The van der Waals surface area contributed by atoms with Gasteiger partial charge < -0.3 is 15.0 Å². The number of nitrogens with one attached hydrogen (secondary N) is 1. The molecule has 0 aliphatic rings. The zero-order chi connectivity index (χ0) is 16.8. The van der Waals surface area contributed by atoms with Gasteiger partial charge in [-0.2, -0.15) is 0 Å². The third-order valence-electron chi connectivity index (χ3n) is 3.53. The predicted octanol–water partition coefficient (Wildman–Crippen LogP) is 4.45. The van der Waals surface area contributed by atoms with Crippen LogP contribution in [0.2, 0.25) is 5.02 Å². The van der Waals surface area contributed by atoms with Crippen LogP contribution in [-0.2, 0) is 0 Å². The number of hydrogen-bond donors (Lipinski definition) is 1. The van der Waals surface area contributed by atoms with E-state index >= 15 is 0 Å². The molecular weight excluding hydrogens is 312 g/mol. The van der Waals surface area contributed by atoms with Crippen molar-refractivity contribution in [1.82, 2.24) is 0 Å². The minimum Gasteiger partial charge on any atom is -0.492 e. The Labute approximate surface area is 142 Å². The first-order valence-electron chi connectivity index (χ1n) is 7.60. The van der Waals surface area contributed by atoms with Crippen molar-refractivity contribution in [1.29, 1.82) is 0 Å². The van der Waals surface area contributed by atoms with Gasteiger partial charge >= 0.3 is 0 Å². The molecule has 122 valence electrons. The van der Waals surface area contributed by atoms with Crippen molar-refractivity contribution in [3.8, 4) is 5.75 Å². The first kappa shape index (κ1) is 17.2. The van der Waals surface area contributed by atoms with E-state index in [1.54, 1.807) is 18.2 Å². The van der Waals surface area contributed by atoms with E-state index < -0.39 is 0 Å². The Balaban J connectivity index is 2.17. The van der Waals surface area contributed by atoms with Gasteiger partial charge in [0.25, 0.3) is 5.91 Å². The highest BCUT2D eigenvalue weighted by Gasteiger charge is 2.11. The molecule has 2 aromatic rings. The second kappa shape index (κ2) is 7.88. The largest absolute Gasteiger partial charge is 0.492 e. The van der Waals surface area contributed by atoms with E-state index in [1.165, 1.54) is 0 Å².